The van der Waals surface area contributed by atoms with Crippen LogP contribution in [-0.4, -0.2) is 12.5 Å². The molecule has 20 heavy (non-hydrogen) atoms. The standard InChI is InChI=1S/C15H19N3O2/c1-3-17-15(19)11-5-7-13(16)14(8-11)18-9-12-6-4-10(2)20-12/h4-8,18H,3,9,16H2,1-2H3,(H,17,19). The van der Waals surface area contributed by atoms with E-state index in [1.807, 2.05) is 26.0 Å². The van der Waals surface area contributed by atoms with E-state index < -0.39 is 0 Å². The molecule has 5 nitrogen and oxygen atoms in total. The van der Waals surface area contributed by atoms with Gasteiger partial charge in [-0.15, -0.1) is 0 Å². The predicted molar refractivity (Wildman–Crippen MR) is 79.6 cm³/mol. The second kappa shape index (κ2) is 6.14. The quantitative estimate of drug-likeness (QED) is 0.731. The molecule has 4 N–H and O–H groups in total. The molecule has 1 amide bonds. The van der Waals surface area contributed by atoms with Crippen LogP contribution in [0.2, 0.25) is 0 Å². The summed E-state index contributed by atoms with van der Waals surface area (Å²) in [7, 11) is 0. The molecule has 0 bridgehead atoms. The number of carbonyl (C=O) groups is 1. The lowest BCUT2D eigenvalue weighted by molar-refractivity contribution is 0.0956. The first kappa shape index (κ1) is 14.0. The van der Waals surface area contributed by atoms with Gasteiger partial charge in [0.2, 0.25) is 0 Å². The Morgan fingerprint density at radius 1 is 1.30 bits per heavy atom. The zero-order chi connectivity index (χ0) is 14.5. The summed E-state index contributed by atoms with van der Waals surface area (Å²) in [6.45, 7) is 4.90. The van der Waals surface area contributed by atoms with E-state index in [0.29, 0.717) is 24.3 Å². The van der Waals surface area contributed by atoms with E-state index >= 15 is 0 Å². The van der Waals surface area contributed by atoms with Crippen LogP contribution >= 0.6 is 0 Å². The Hall–Kier alpha value is -2.43. The van der Waals surface area contributed by atoms with E-state index in [4.69, 9.17) is 10.2 Å². The molecular weight excluding hydrogens is 254 g/mol. The summed E-state index contributed by atoms with van der Waals surface area (Å²) in [6, 6.07) is 9.00. The highest BCUT2D eigenvalue weighted by Gasteiger charge is 2.08. The van der Waals surface area contributed by atoms with Gasteiger partial charge < -0.3 is 20.8 Å². The molecule has 0 aliphatic carbocycles. The third-order valence-corrected chi connectivity index (χ3v) is 2.90. The van der Waals surface area contributed by atoms with Crippen LogP contribution in [0.4, 0.5) is 11.4 Å². The first-order valence-corrected chi connectivity index (χ1v) is 6.57. The van der Waals surface area contributed by atoms with E-state index in [2.05, 4.69) is 10.6 Å². The topological polar surface area (TPSA) is 80.3 Å². The molecule has 1 heterocycles. The van der Waals surface area contributed by atoms with Crippen molar-refractivity contribution in [3.8, 4) is 0 Å². The maximum atomic E-state index is 11.8. The number of benzene rings is 1. The van der Waals surface area contributed by atoms with Crippen LogP contribution in [0.3, 0.4) is 0 Å². The summed E-state index contributed by atoms with van der Waals surface area (Å²) in [5.41, 5.74) is 7.81. The van der Waals surface area contributed by atoms with Crippen LogP contribution in [0.1, 0.15) is 28.8 Å². The van der Waals surface area contributed by atoms with Gasteiger partial charge in [-0.05, 0) is 44.2 Å². The van der Waals surface area contributed by atoms with Crippen molar-refractivity contribution in [3.05, 3.63) is 47.4 Å². The number of hydrogen-bond donors (Lipinski definition) is 3. The minimum atomic E-state index is -0.107. The molecule has 106 valence electrons. The summed E-state index contributed by atoms with van der Waals surface area (Å²) >= 11 is 0. The van der Waals surface area contributed by atoms with Gasteiger partial charge in [-0.25, -0.2) is 0 Å². The van der Waals surface area contributed by atoms with Gasteiger partial charge in [0.1, 0.15) is 11.5 Å². The fraction of sp³-hybridized carbons (Fsp3) is 0.267. The first-order chi connectivity index (χ1) is 9.60. The van der Waals surface area contributed by atoms with Gasteiger partial charge in [-0.2, -0.15) is 0 Å². The Kier molecular flexibility index (Phi) is 4.30. The van der Waals surface area contributed by atoms with Crippen molar-refractivity contribution in [1.82, 2.24) is 5.32 Å². The number of carbonyl (C=O) groups excluding carboxylic acids is 1. The molecule has 0 atom stereocenters. The zero-order valence-electron chi connectivity index (χ0n) is 11.7. The van der Waals surface area contributed by atoms with Gasteiger partial charge in [-0.1, -0.05) is 0 Å². The van der Waals surface area contributed by atoms with Gasteiger partial charge in [0, 0.05) is 12.1 Å². The zero-order valence-corrected chi connectivity index (χ0v) is 11.7. The van der Waals surface area contributed by atoms with E-state index in [0.717, 1.165) is 17.2 Å². The van der Waals surface area contributed by atoms with Crippen LogP contribution in [0.5, 0.6) is 0 Å². The average Bonchev–Trinajstić information content (AvgIpc) is 2.84. The lowest BCUT2D eigenvalue weighted by Crippen LogP contribution is -2.22. The van der Waals surface area contributed by atoms with Crippen molar-refractivity contribution in [3.63, 3.8) is 0 Å². The Bertz CT molecular complexity index is 605. The molecule has 0 saturated heterocycles. The molecule has 0 aliphatic rings. The van der Waals surface area contributed by atoms with Crippen LogP contribution in [0, 0.1) is 6.92 Å². The maximum Gasteiger partial charge on any atom is 0.251 e. The molecule has 0 spiro atoms. The Balaban J connectivity index is 2.10. The van der Waals surface area contributed by atoms with Crippen molar-refractivity contribution in [2.24, 2.45) is 0 Å². The third kappa shape index (κ3) is 3.32. The van der Waals surface area contributed by atoms with Crippen molar-refractivity contribution in [1.29, 1.82) is 0 Å². The molecule has 0 unspecified atom stereocenters. The van der Waals surface area contributed by atoms with Gasteiger partial charge in [0.15, 0.2) is 0 Å². The van der Waals surface area contributed by atoms with Gasteiger partial charge >= 0.3 is 0 Å². The lowest BCUT2D eigenvalue weighted by Gasteiger charge is -2.10. The Labute approximate surface area is 118 Å². The lowest BCUT2D eigenvalue weighted by atomic mass is 10.1. The molecule has 2 aromatic rings. The second-order valence-corrected chi connectivity index (χ2v) is 4.53. The third-order valence-electron chi connectivity index (χ3n) is 2.90. The monoisotopic (exact) mass is 273 g/mol. The van der Waals surface area contributed by atoms with E-state index in [1.165, 1.54) is 0 Å². The number of aryl methyl sites for hydroxylation is 1. The molecule has 1 aromatic carbocycles. The molecule has 5 heteroatoms. The summed E-state index contributed by atoms with van der Waals surface area (Å²) in [5.74, 6) is 1.58. The van der Waals surface area contributed by atoms with Crippen LogP contribution in [0.25, 0.3) is 0 Å². The second-order valence-electron chi connectivity index (χ2n) is 4.53. The molecule has 0 fully saturated rings. The smallest absolute Gasteiger partial charge is 0.251 e. The maximum absolute atomic E-state index is 11.8. The summed E-state index contributed by atoms with van der Waals surface area (Å²) in [6.07, 6.45) is 0. The van der Waals surface area contributed by atoms with Crippen LogP contribution < -0.4 is 16.4 Å². The van der Waals surface area contributed by atoms with E-state index in [-0.39, 0.29) is 5.91 Å². The summed E-state index contributed by atoms with van der Waals surface area (Å²) < 4.78 is 5.48. The fourth-order valence-corrected chi connectivity index (χ4v) is 1.88. The number of anilines is 2. The normalized spacial score (nSPS) is 10.3. The average molecular weight is 273 g/mol. The number of hydrogen-bond acceptors (Lipinski definition) is 4. The molecule has 1 aromatic heterocycles. The van der Waals surface area contributed by atoms with Crippen molar-refractivity contribution < 1.29 is 9.21 Å². The highest BCUT2D eigenvalue weighted by atomic mass is 16.3. The number of rotatable bonds is 5. The number of amides is 1. The molecule has 0 aliphatic heterocycles. The van der Waals surface area contributed by atoms with Crippen LogP contribution in [0.15, 0.2) is 34.7 Å². The van der Waals surface area contributed by atoms with Crippen molar-refractivity contribution in [2.45, 2.75) is 20.4 Å². The first-order valence-electron chi connectivity index (χ1n) is 6.57. The largest absolute Gasteiger partial charge is 0.465 e. The molecular formula is C15H19N3O2. The number of nitrogens with one attached hydrogen (secondary N) is 2. The van der Waals surface area contributed by atoms with Crippen molar-refractivity contribution in [2.75, 3.05) is 17.6 Å². The molecule has 0 radical (unpaired) electrons. The molecule has 0 saturated carbocycles. The highest BCUT2D eigenvalue weighted by Crippen LogP contribution is 2.21. The minimum absolute atomic E-state index is 0.107. The Morgan fingerprint density at radius 3 is 2.75 bits per heavy atom. The summed E-state index contributed by atoms with van der Waals surface area (Å²) in [4.78, 5) is 11.8. The summed E-state index contributed by atoms with van der Waals surface area (Å²) in [5, 5.41) is 5.94. The van der Waals surface area contributed by atoms with E-state index in [9.17, 15) is 4.79 Å². The van der Waals surface area contributed by atoms with E-state index in [1.54, 1.807) is 18.2 Å². The highest BCUT2D eigenvalue weighted by molar-refractivity contribution is 5.96. The van der Waals surface area contributed by atoms with Crippen molar-refractivity contribution >= 4 is 17.3 Å². The molecule has 2 rings (SSSR count). The number of furan rings is 1. The van der Waals surface area contributed by atoms with Gasteiger partial charge in [0.25, 0.3) is 5.91 Å². The SMILES string of the molecule is CCNC(=O)c1ccc(N)c(NCc2ccc(C)o2)c1. The number of nitrogens with two attached hydrogens (primary N) is 1. The minimum Gasteiger partial charge on any atom is -0.465 e. The Morgan fingerprint density at radius 2 is 2.10 bits per heavy atom. The van der Waals surface area contributed by atoms with Crippen LogP contribution in [-0.2, 0) is 6.54 Å². The van der Waals surface area contributed by atoms with Gasteiger partial charge in [0.05, 0.1) is 17.9 Å². The number of nitrogen functional groups attached to an aromatic ring is 1. The van der Waals surface area contributed by atoms with Gasteiger partial charge in [-0.3, -0.25) is 4.79 Å². The predicted octanol–water partition coefficient (Wildman–Crippen LogP) is 2.53. The fourth-order valence-electron chi connectivity index (χ4n) is 1.88.